The van der Waals surface area contributed by atoms with Crippen LogP contribution in [0.4, 0.5) is 0 Å². The van der Waals surface area contributed by atoms with Crippen LogP contribution in [0.2, 0.25) is 0 Å². The fraction of sp³-hybridized carbons (Fsp3) is 0.128. The van der Waals surface area contributed by atoms with Gasteiger partial charge in [0.2, 0.25) is 5.66 Å². The number of rotatable bonds is 8. The minimum absolute atomic E-state index is 0.0611. The summed E-state index contributed by atoms with van der Waals surface area (Å²) in [6.45, 7) is 0. The highest BCUT2D eigenvalue weighted by molar-refractivity contribution is 6.11. The van der Waals surface area contributed by atoms with Gasteiger partial charge in [0.15, 0.2) is 0 Å². The molecule has 0 heterocycles. The number of nitrogens with zero attached hydrogens (tertiary/aromatic N) is 2. The van der Waals surface area contributed by atoms with Crippen LogP contribution in [-0.2, 0) is 5.66 Å². The smallest absolute Gasteiger partial charge is 0.202 e. The highest BCUT2D eigenvalue weighted by Crippen LogP contribution is 2.55. The van der Waals surface area contributed by atoms with Crippen molar-refractivity contribution in [1.29, 1.82) is 0 Å². The number of aliphatic imine (C=N–C) groups is 2. The van der Waals surface area contributed by atoms with Crippen LogP contribution < -0.4 is 18.9 Å². The molecule has 0 atom stereocenters. The fourth-order valence-corrected chi connectivity index (χ4v) is 6.44. The van der Waals surface area contributed by atoms with Gasteiger partial charge >= 0.3 is 0 Å². The van der Waals surface area contributed by atoms with Crippen molar-refractivity contribution in [2.24, 2.45) is 9.98 Å². The Hall–Kier alpha value is -6.02. The Morgan fingerprint density at radius 2 is 0.957 bits per heavy atom. The summed E-state index contributed by atoms with van der Waals surface area (Å²) in [6, 6.07) is 31.1. The van der Waals surface area contributed by atoms with E-state index in [-0.39, 0.29) is 11.5 Å². The van der Waals surface area contributed by atoms with Gasteiger partial charge in [0.05, 0.1) is 39.6 Å². The molecule has 0 aromatic heterocycles. The maximum atomic E-state index is 11.1. The number of hydrogen-bond donors (Lipinski definition) is 2. The molecule has 7 rings (SSSR count). The van der Waals surface area contributed by atoms with Gasteiger partial charge in [-0.05, 0) is 32.7 Å². The van der Waals surface area contributed by atoms with E-state index in [1.165, 1.54) is 40.6 Å². The standard InChI is InChI=1S/C39H32N2O6/c1-44-25-17-33(42)29(35(19-25)46-3)21-40-39(41-22-30-34(43)18-26(45-2)20-36(30)47-4)31-15-13-23-9-5-7-11-27(23)37(31)38-28-12-8-6-10-24(28)14-16-32(38)39/h5-22,42-43H,1-4H3/b40-21+,41-22+. The van der Waals surface area contributed by atoms with E-state index < -0.39 is 5.66 Å². The molecule has 0 bridgehead atoms. The zero-order chi connectivity index (χ0) is 32.7. The number of hydrogen-bond acceptors (Lipinski definition) is 8. The van der Waals surface area contributed by atoms with E-state index in [4.69, 9.17) is 28.9 Å². The Kier molecular flexibility index (Phi) is 7.40. The molecule has 0 saturated carbocycles. The molecular weight excluding hydrogens is 592 g/mol. The molecule has 8 nitrogen and oxygen atoms in total. The molecule has 0 radical (unpaired) electrons. The van der Waals surface area contributed by atoms with Crippen LogP contribution in [0.1, 0.15) is 22.3 Å². The molecule has 1 aliphatic carbocycles. The molecule has 0 saturated heterocycles. The summed E-state index contributed by atoms with van der Waals surface area (Å²) in [7, 11) is 6.10. The van der Waals surface area contributed by atoms with Crippen LogP contribution in [0.15, 0.2) is 107 Å². The number of benzene rings is 6. The highest BCUT2D eigenvalue weighted by Gasteiger charge is 2.44. The SMILES string of the molecule is COc1cc(O)c(/C=N/C2(/N=C/c3c(O)cc(OC)cc3OC)c3ccc4ccccc4c3-c3c2ccc2ccccc32)c(OC)c1. The fourth-order valence-electron chi connectivity index (χ4n) is 6.44. The number of methoxy groups -OCH3 is 4. The molecule has 0 unspecified atom stereocenters. The Bertz CT molecular complexity index is 2080. The van der Waals surface area contributed by atoms with E-state index in [0.29, 0.717) is 34.1 Å². The van der Waals surface area contributed by atoms with E-state index >= 15 is 0 Å². The highest BCUT2D eigenvalue weighted by atomic mass is 16.5. The second-order valence-electron chi connectivity index (χ2n) is 11.1. The van der Waals surface area contributed by atoms with E-state index in [1.807, 2.05) is 24.3 Å². The Morgan fingerprint density at radius 1 is 0.532 bits per heavy atom. The zero-order valence-corrected chi connectivity index (χ0v) is 26.3. The van der Waals surface area contributed by atoms with E-state index in [2.05, 4.69) is 48.5 Å². The number of fused-ring (bicyclic) bond motifs is 7. The van der Waals surface area contributed by atoms with Crippen LogP contribution in [0.3, 0.4) is 0 Å². The summed E-state index contributed by atoms with van der Waals surface area (Å²) in [5.41, 5.74) is 3.10. The Morgan fingerprint density at radius 3 is 1.36 bits per heavy atom. The largest absolute Gasteiger partial charge is 0.507 e. The van der Waals surface area contributed by atoms with Crippen LogP contribution in [0, 0.1) is 0 Å². The summed E-state index contributed by atoms with van der Waals surface area (Å²) in [5, 5.41) is 26.4. The van der Waals surface area contributed by atoms with Crippen molar-refractivity contribution < 1.29 is 29.2 Å². The van der Waals surface area contributed by atoms with Crippen LogP contribution >= 0.6 is 0 Å². The van der Waals surface area contributed by atoms with Crippen molar-refractivity contribution in [3.05, 3.63) is 119 Å². The van der Waals surface area contributed by atoms with Crippen molar-refractivity contribution in [1.82, 2.24) is 0 Å². The molecule has 0 amide bonds. The molecule has 47 heavy (non-hydrogen) atoms. The van der Waals surface area contributed by atoms with Gasteiger partial charge < -0.3 is 29.2 Å². The molecule has 6 aromatic rings. The molecular formula is C39H32N2O6. The number of aromatic hydroxyl groups is 2. The maximum Gasteiger partial charge on any atom is 0.202 e. The number of phenolic OH excluding ortho intramolecular Hbond substituents is 2. The predicted molar refractivity (Wildman–Crippen MR) is 185 cm³/mol. The van der Waals surface area contributed by atoms with Gasteiger partial charge in [-0.25, -0.2) is 0 Å². The maximum absolute atomic E-state index is 11.1. The van der Waals surface area contributed by atoms with Gasteiger partial charge in [-0.3, -0.25) is 9.98 Å². The predicted octanol–water partition coefficient (Wildman–Crippen LogP) is 7.86. The summed E-state index contributed by atoms with van der Waals surface area (Å²) in [6.07, 6.45) is 3.17. The lowest BCUT2D eigenvalue weighted by Gasteiger charge is -2.24. The van der Waals surface area contributed by atoms with Gasteiger partial charge in [-0.15, -0.1) is 0 Å². The van der Waals surface area contributed by atoms with Gasteiger partial charge in [0.1, 0.15) is 34.5 Å². The first-order chi connectivity index (χ1) is 22.9. The molecule has 2 N–H and O–H groups in total. The van der Waals surface area contributed by atoms with Crippen LogP contribution in [0.25, 0.3) is 32.7 Å². The lowest BCUT2D eigenvalue weighted by atomic mass is 9.94. The van der Waals surface area contributed by atoms with Crippen LogP contribution in [-0.4, -0.2) is 51.1 Å². The molecule has 0 fully saturated rings. The summed E-state index contributed by atoms with van der Waals surface area (Å²) < 4.78 is 22.0. The number of phenols is 2. The molecule has 1 aliphatic rings. The first-order valence-corrected chi connectivity index (χ1v) is 15.0. The van der Waals surface area contributed by atoms with Gasteiger partial charge in [-0.2, -0.15) is 0 Å². The third-order valence-electron chi connectivity index (χ3n) is 8.72. The summed E-state index contributed by atoms with van der Waals surface area (Å²) >= 11 is 0. The molecule has 234 valence electrons. The van der Waals surface area contributed by atoms with E-state index in [1.54, 1.807) is 24.6 Å². The first kappa shape index (κ1) is 29.7. The quantitative estimate of drug-likeness (QED) is 0.167. The Balaban J connectivity index is 1.58. The molecule has 6 aromatic carbocycles. The second kappa shape index (κ2) is 11.7. The van der Waals surface area contributed by atoms with Gasteiger partial charge in [-0.1, -0.05) is 72.8 Å². The Labute approximate surface area is 271 Å². The van der Waals surface area contributed by atoms with Crippen molar-refractivity contribution >= 4 is 34.0 Å². The van der Waals surface area contributed by atoms with Gasteiger partial charge in [0.25, 0.3) is 0 Å². The average Bonchev–Trinajstić information content (AvgIpc) is 3.40. The monoisotopic (exact) mass is 624 g/mol. The molecule has 8 heteroatoms. The minimum atomic E-state index is -1.34. The van der Waals surface area contributed by atoms with Crippen molar-refractivity contribution in [3.8, 4) is 45.6 Å². The summed E-state index contributed by atoms with van der Waals surface area (Å²) in [4.78, 5) is 10.5. The van der Waals surface area contributed by atoms with Crippen molar-refractivity contribution in [3.63, 3.8) is 0 Å². The topological polar surface area (TPSA) is 102 Å². The number of ether oxygens (including phenoxy) is 4. The lowest BCUT2D eigenvalue weighted by molar-refractivity contribution is 0.384. The van der Waals surface area contributed by atoms with E-state index in [0.717, 1.165) is 43.8 Å². The second-order valence-corrected chi connectivity index (χ2v) is 11.1. The van der Waals surface area contributed by atoms with Crippen LogP contribution in [0.5, 0.6) is 34.5 Å². The van der Waals surface area contributed by atoms with Gasteiger partial charge in [0, 0.05) is 47.8 Å². The first-order valence-electron chi connectivity index (χ1n) is 15.0. The molecule has 0 aliphatic heterocycles. The average molecular weight is 625 g/mol. The van der Waals surface area contributed by atoms with Crippen molar-refractivity contribution in [2.45, 2.75) is 5.66 Å². The third kappa shape index (κ3) is 4.77. The van der Waals surface area contributed by atoms with Crippen molar-refractivity contribution in [2.75, 3.05) is 28.4 Å². The minimum Gasteiger partial charge on any atom is -0.507 e. The van der Waals surface area contributed by atoms with E-state index in [9.17, 15) is 10.2 Å². The summed E-state index contributed by atoms with van der Waals surface area (Å²) in [5.74, 6) is 1.54. The zero-order valence-electron chi connectivity index (χ0n) is 26.3. The normalized spacial score (nSPS) is 13.3. The lowest BCUT2D eigenvalue weighted by Crippen LogP contribution is -2.21. The molecule has 0 spiro atoms. The third-order valence-corrected chi connectivity index (χ3v) is 8.72.